The van der Waals surface area contributed by atoms with Gasteiger partial charge in [-0.2, -0.15) is 0 Å². The highest BCUT2D eigenvalue weighted by Gasteiger charge is 2.20. The first-order chi connectivity index (χ1) is 9.69. The van der Waals surface area contributed by atoms with Crippen molar-refractivity contribution in [1.82, 2.24) is 5.16 Å². The fourth-order valence-corrected chi connectivity index (χ4v) is 2.72. The van der Waals surface area contributed by atoms with Crippen LogP contribution in [0.4, 0.5) is 0 Å². The van der Waals surface area contributed by atoms with Gasteiger partial charge < -0.3 is 9.32 Å². The largest absolute Gasteiger partial charge is 0.360 e. The minimum Gasteiger partial charge on any atom is -0.360 e. The van der Waals surface area contributed by atoms with E-state index < -0.39 is 0 Å². The van der Waals surface area contributed by atoms with Crippen LogP contribution in [0.1, 0.15) is 31.1 Å². The number of rotatable bonds is 6. The van der Waals surface area contributed by atoms with Crippen molar-refractivity contribution < 1.29 is 9.32 Å². The summed E-state index contributed by atoms with van der Waals surface area (Å²) >= 11 is 12.4. The zero-order valence-electron chi connectivity index (χ0n) is 11.2. The molecule has 0 fully saturated rings. The lowest BCUT2D eigenvalue weighted by molar-refractivity contribution is -0.107. The molecular formula is C15H15Cl2NO2. The monoisotopic (exact) mass is 311 g/mol. The highest BCUT2D eigenvalue weighted by atomic mass is 35.5. The van der Waals surface area contributed by atoms with Gasteiger partial charge in [0.1, 0.15) is 17.7 Å². The number of benzene rings is 1. The van der Waals surface area contributed by atoms with Gasteiger partial charge in [-0.1, -0.05) is 41.3 Å². The molecular weight excluding hydrogens is 297 g/mol. The third kappa shape index (κ3) is 3.05. The second kappa shape index (κ2) is 6.91. The van der Waals surface area contributed by atoms with Crippen molar-refractivity contribution in [3.05, 3.63) is 39.6 Å². The Morgan fingerprint density at radius 3 is 2.55 bits per heavy atom. The number of hydrogen-bond donors (Lipinski definition) is 0. The maximum Gasteiger partial charge on any atom is 0.140 e. The van der Waals surface area contributed by atoms with Crippen molar-refractivity contribution in [3.63, 3.8) is 0 Å². The highest BCUT2D eigenvalue weighted by Crippen LogP contribution is 2.37. The van der Waals surface area contributed by atoms with Crippen molar-refractivity contribution in [1.29, 1.82) is 0 Å². The maximum atomic E-state index is 10.6. The van der Waals surface area contributed by atoms with Crippen LogP contribution in [-0.4, -0.2) is 11.4 Å². The van der Waals surface area contributed by atoms with Gasteiger partial charge in [0.05, 0.1) is 10.0 Å². The molecule has 0 radical (unpaired) electrons. The molecule has 106 valence electrons. The van der Waals surface area contributed by atoms with Gasteiger partial charge >= 0.3 is 0 Å². The quantitative estimate of drug-likeness (QED) is 0.724. The SMILES string of the molecule is CCCc1onc(-c2c(Cl)cccc2Cl)c1CCC=O. The number of halogens is 2. The van der Waals surface area contributed by atoms with Crippen molar-refractivity contribution in [2.24, 2.45) is 0 Å². The minimum atomic E-state index is 0.424. The normalized spacial score (nSPS) is 10.8. The summed E-state index contributed by atoms with van der Waals surface area (Å²) in [5, 5.41) is 5.18. The number of nitrogens with zero attached hydrogens (tertiary/aromatic N) is 1. The van der Waals surface area contributed by atoms with E-state index >= 15 is 0 Å². The van der Waals surface area contributed by atoms with Crippen LogP contribution in [0.15, 0.2) is 22.7 Å². The summed E-state index contributed by atoms with van der Waals surface area (Å²) in [5.41, 5.74) is 2.24. The molecule has 0 unspecified atom stereocenters. The van der Waals surface area contributed by atoms with Crippen LogP contribution < -0.4 is 0 Å². The number of aldehydes is 1. The first-order valence-corrected chi connectivity index (χ1v) is 7.30. The van der Waals surface area contributed by atoms with Gasteiger partial charge in [0.15, 0.2) is 0 Å². The zero-order valence-corrected chi connectivity index (χ0v) is 12.7. The Labute approximate surface area is 127 Å². The average molecular weight is 312 g/mol. The van der Waals surface area contributed by atoms with Gasteiger partial charge in [0.2, 0.25) is 0 Å². The molecule has 0 saturated heterocycles. The second-order valence-electron chi connectivity index (χ2n) is 4.48. The summed E-state index contributed by atoms with van der Waals surface area (Å²) in [7, 11) is 0. The first-order valence-electron chi connectivity index (χ1n) is 6.54. The lowest BCUT2D eigenvalue weighted by atomic mass is 10.0. The molecule has 1 aromatic heterocycles. The number of carbonyl (C=O) groups excluding carboxylic acids is 1. The summed E-state index contributed by atoms with van der Waals surface area (Å²) in [6.45, 7) is 2.06. The molecule has 0 atom stereocenters. The molecule has 1 heterocycles. The van der Waals surface area contributed by atoms with Crippen LogP contribution in [0.25, 0.3) is 11.3 Å². The number of hydrogen-bond acceptors (Lipinski definition) is 3. The van der Waals surface area contributed by atoms with Gasteiger partial charge in [0, 0.05) is 24.0 Å². The Kier molecular flexibility index (Phi) is 5.21. The predicted octanol–water partition coefficient (Wildman–Crippen LogP) is 4.73. The molecule has 3 nitrogen and oxygen atoms in total. The fraction of sp³-hybridized carbons (Fsp3) is 0.333. The Morgan fingerprint density at radius 1 is 1.25 bits per heavy atom. The Morgan fingerprint density at radius 2 is 1.95 bits per heavy atom. The molecule has 0 bridgehead atoms. The van der Waals surface area contributed by atoms with Crippen LogP contribution in [0.2, 0.25) is 10.0 Å². The third-order valence-electron chi connectivity index (χ3n) is 3.06. The summed E-state index contributed by atoms with van der Waals surface area (Å²) in [5.74, 6) is 0.806. The molecule has 0 amide bonds. The fourth-order valence-electron chi connectivity index (χ4n) is 2.15. The molecule has 0 aliphatic carbocycles. The highest BCUT2D eigenvalue weighted by molar-refractivity contribution is 6.39. The van der Waals surface area contributed by atoms with E-state index in [1.807, 2.05) is 0 Å². The molecule has 0 N–H and O–H groups in total. The molecule has 5 heteroatoms. The predicted molar refractivity (Wildman–Crippen MR) is 80.3 cm³/mol. The van der Waals surface area contributed by atoms with Gasteiger partial charge in [-0.3, -0.25) is 0 Å². The second-order valence-corrected chi connectivity index (χ2v) is 5.30. The van der Waals surface area contributed by atoms with Gasteiger partial charge in [-0.15, -0.1) is 0 Å². The molecule has 0 aliphatic heterocycles. The standard InChI is InChI=1S/C15H15Cl2NO2/c1-2-5-13-10(6-4-9-19)15(18-20-13)14-11(16)7-3-8-12(14)17/h3,7-9H,2,4-6H2,1H3. The number of aromatic nitrogens is 1. The summed E-state index contributed by atoms with van der Waals surface area (Å²) < 4.78 is 5.41. The molecule has 20 heavy (non-hydrogen) atoms. The maximum absolute atomic E-state index is 10.6. The molecule has 1 aromatic carbocycles. The van der Waals surface area contributed by atoms with Crippen LogP contribution in [-0.2, 0) is 17.6 Å². The number of carbonyl (C=O) groups is 1. The van der Waals surface area contributed by atoms with Crippen LogP contribution >= 0.6 is 23.2 Å². The van der Waals surface area contributed by atoms with E-state index in [0.29, 0.717) is 34.1 Å². The molecule has 0 aliphatic rings. The van der Waals surface area contributed by atoms with Crippen molar-refractivity contribution in [3.8, 4) is 11.3 Å². The smallest absolute Gasteiger partial charge is 0.140 e. The minimum absolute atomic E-state index is 0.424. The Balaban J connectivity index is 2.52. The van der Waals surface area contributed by atoms with Crippen molar-refractivity contribution >= 4 is 29.5 Å². The van der Waals surface area contributed by atoms with Crippen molar-refractivity contribution in [2.75, 3.05) is 0 Å². The lowest BCUT2D eigenvalue weighted by Crippen LogP contribution is -1.94. The molecule has 2 aromatic rings. The van der Waals surface area contributed by atoms with Crippen LogP contribution in [0, 0.1) is 0 Å². The van der Waals surface area contributed by atoms with Crippen molar-refractivity contribution in [2.45, 2.75) is 32.6 Å². The Hall–Kier alpha value is -1.32. The van der Waals surface area contributed by atoms with E-state index in [2.05, 4.69) is 12.1 Å². The van der Waals surface area contributed by atoms with E-state index in [9.17, 15) is 4.79 Å². The molecule has 0 spiro atoms. The van der Waals surface area contributed by atoms with E-state index in [4.69, 9.17) is 27.7 Å². The zero-order chi connectivity index (χ0) is 14.5. The van der Waals surface area contributed by atoms with Gasteiger partial charge in [0.25, 0.3) is 0 Å². The lowest BCUT2D eigenvalue weighted by Gasteiger charge is -2.06. The van der Waals surface area contributed by atoms with Gasteiger partial charge in [-0.25, -0.2) is 0 Å². The summed E-state index contributed by atoms with van der Waals surface area (Å²) in [4.78, 5) is 10.6. The summed E-state index contributed by atoms with van der Waals surface area (Å²) in [6, 6.07) is 5.31. The molecule has 0 saturated carbocycles. The van der Waals surface area contributed by atoms with Crippen LogP contribution in [0.5, 0.6) is 0 Å². The van der Waals surface area contributed by atoms with Gasteiger partial charge in [-0.05, 0) is 25.0 Å². The summed E-state index contributed by atoms with van der Waals surface area (Å²) in [6.07, 6.45) is 3.62. The van der Waals surface area contributed by atoms with E-state index in [1.165, 1.54) is 0 Å². The van der Waals surface area contributed by atoms with E-state index in [-0.39, 0.29) is 0 Å². The average Bonchev–Trinajstić information content (AvgIpc) is 2.80. The third-order valence-corrected chi connectivity index (χ3v) is 3.69. The number of aryl methyl sites for hydroxylation is 1. The molecule has 2 rings (SSSR count). The topological polar surface area (TPSA) is 43.1 Å². The first kappa shape index (κ1) is 15.1. The van der Waals surface area contributed by atoms with Crippen LogP contribution in [0.3, 0.4) is 0 Å². The van der Waals surface area contributed by atoms with E-state index in [0.717, 1.165) is 30.5 Å². The van der Waals surface area contributed by atoms with E-state index in [1.54, 1.807) is 18.2 Å². The Bertz CT molecular complexity index is 588.